The van der Waals surface area contributed by atoms with Gasteiger partial charge in [0.2, 0.25) is 0 Å². The van der Waals surface area contributed by atoms with E-state index < -0.39 is 0 Å². The number of benzene rings is 1. The highest BCUT2D eigenvalue weighted by molar-refractivity contribution is 5.52. The van der Waals surface area contributed by atoms with E-state index in [9.17, 15) is 4.39 Å². The molecule has 1 aromatic carbocycles. The summed E-state index contributed by atoms with van der Waals surface area (Å²) in [5.41, 5.74) is 5.90. The molecule has 0 saturated heterocycles. The molecule has 0 aliphatic heterocycles. The van der Waals surface area contributed by atoms with Crippen molar-refractivity contribution in [2.24, 2.45) is 0 Å². The van der Waals surface area contributed by atoms with Crippen LogP contribution in [0.15, 0.2) is 18.2 Å². The highest BCUT2D eigenvalue weighted by atomic mass is 19.1. The quantitative estimate of drug-likeness (QED) is 0.763. The van der Waals surface area contributed by atoms with Crippen LogP contribution >= 0.6 is 0 Å². The van der Waals surface area contributed by atoms with Crippen LogP contribution in [0.4, 0.5) is 10.1 Å². The molecule has 0 heterocycles. The topological polar surface area (TPSA) is 44.5 Å². The molecule has 1 aromatic rings. The number of nitrogen functional groups attached to an aromatic ring is 1. The number of halogens is 1. The van der Waals surface area contributed by atoms with Crippen LogP contribution < -0.4 is 10.5 Å². The van der Waals surface area contributed by atoms with Crippen molar-refractivity contribution >= 4 is 5.69 Å². The van der Waals surface area contributed by atoms with E-state index in [1.165, 1.54) is 18.2 Å². The Hall–Kier alpha value is -1.29. The molecule has 0 spiro atoms. The van der Waals surface area contributed by atoms with Gasteiger partial charge < -0.3 is 15.2 Å². The van der Waals surface area contributed by atoms with Gasteiger partial charge in [0.15, 0.2) is 0 Å². The first-order chi connectivity index (χ1) is 7.13. The SMILES string of the molecule is CCOCC(C)Oc1ccc(F)cc1N. The maximum Gasteiger partial charge on any atom is 0.142 e. The molecule has 0 aromatic heterocycles. The molecule has 15 heavy (non-hydrogen) atoms. The molecule has 0 radical (unpaired) electrons. The van der Waals surface area contributed by atoms with Crippen molar-refractivity contribution in [3.8, 4) is 5.75 Å². The summed E-state index contributed by atoms with van der Waals surface area (Å²) in [7, 11) is 0. The van der Waals surface area contributed by atoms with E-state index in [1.807, 2.05) is 13.8 Å². The molecule has 0 fully saturated rings. The highest BCUT2D eigenvalue weighted by Gasteiger charge is 2.07. The number of ether oxygens (including phenoxy) is 2. The van der Waals surface area contributed by atoms with Crippen molar-refractivity contribution in [3.63, 3.8) is 0 Å². The largest absolute Gasteiger partial charge is 0.486 e. The molecule has 0 bridgehead atoms. The number of hydrogen-bond acceptors (Lipinski definition) is 3. The molecular weight excluding hydrogens is 197 g/mol. The molecule has 4 heteroatoms. The third-order valence-corrected chi connectivity index (χ3v) is 1.86. The van der Waals surface area contributed by atoms with Crippen LogP contribution in [-0.2, 0) is 4.74 Å². The van der Waals surface area contributed by atoms with Gasteiger partial charge in [-0.1, -0.05) is 0 Å². The summed E-state index contributed by atoms with van der Waals surface area (Å²) in [5, 5.41) is 0. The minimum atomic E-state index is -0.364. The molecule has 0 aliphatic rings. The summed E-state index contributed by atoms with van der Waals surface area (Å²) in [6.07, 6.45) is -0.0993. The summed E-state index contributed by atoms with van der Waals surface area (Å²) >= 11 is 0. The molecule has 0 amide bonds. The Bertz CT molecular complexity index is 317. The Labute approximate surface area is 89.0 Å². The van der Waals surface area contributed by atoms with E-state index in [0.29, 0.717) is 24.7 Å². The van der Waals surface area contributed by atoms with Crippen LogP contribution in [0.3, 0.4) is 0 Å². The van der Waals surface area contributed by atoms with Crippen LogP contribution in [0, 0.1) is 5.82 Å². The van der Waals surface area contributed by atoms with Crippen molar-refractivity contribution in [1.82, 2.24) is 0 Å². The second-order valence-electron chi connectivity index (χ2n) is 3.27. The fourth-order valence-electron chi connectivity index (χ4n) is 1.16. The fourth-order valence-corrected chi connectivity index (χ4v) is 1.16. The first-order valence-electron chi connectivity index (χ1n) is 4.93. The standard InChI is InChI=1S/C11H16FNO2/c1-3-14-7-8(2)15-11-5-4-9(12)6-10(11)13/h4-6,8H,3,7,13H2,1-2H3. The summed E-state index contributed by atoms with van der Waals surface area (Å²) in [6, 6.07) is 4.08. The van der Waals surface area contributed by atoms with Gasteiger partial charge in [-0.15, -0.1) is 0 Å². The third kappa shape index (κ3) is 3.75. The van der Waals surface area contributed by atoms with E-state index in [-0.39, 0.29) is 11.9 Å². The molecule has 0 aliphatic carbocycles. The second kappa shape index (κ2) is 5.56. The molecule has 2 N–H and O–H groups in total. The zero-order valence-electron chi connectivity index (χ0n) is 9.00. The van der Waals surface area contributed by atoms with Crippen molar-refractivity contribution in [1.29, 1.82) is 0 Å². The van der Waals surface area contributed by atoms with E-state index >= 15 is 0 Å². The number of rotatable bonds is 5. The van der Waals surface area contributed by atoms with E-state index in [0.717, 1.165) is 0 Å². The Kier molecular flexibility index (Phi) is 4.37. The maximum absolute atomic E-state index is 12.7. The summed E-state index contributed by atoms with van der Waals surface area (Å²) < 4.78 is 23.4. The van der Waals surface area contributed by atoms with Crippen LogP contribution in [0.25, 0.3) is 0 Å². The molecule has 1 unspecified atom stereocenters. The highest BCUT2D eigenvalue weighted by Crippen LogP contribution is 2.22. The zero-order chi connectivity index (χ0) is 11.3. The predicted octanol–water partition coefficient (Wildman–Crippen LogP) is 2.21. The lowest BCUT2D eigenvalue weighted by Gasteiger charge is -2.15. The minimum absolute atomic E-state index is 0.0993. The lowest BCUT2D eigenvalue weighted by atomic mass is 10.3. The molecule has 0 saturated carbocycles. The Morgan fingerprint density at radius 1 is 1.47 bits per heavy atom. The lowest BCUT2D eigenvalue weighted by molar-refractivity contribution is 0.0661. The second-order valence-corrected chi connectivity index (χ2v) is 3.27. The van der Waals surface area contributed by atoms with Crippen molar-refractivity contribution in [2.75, 3.05) is 18.9 Å². The van der Waals surface area contributed by atoms with Crippen molar-refractivity contribution in [3.05, 3.63) is 24.0 Å². The maximum atomic E-state index is 12.7. The Balaban J connectivity index is 2.56. The molecule has 1 rings (SSSR count). The van der Waals surface area contributed by atoms with Gasteiger partial charge in [0.25, 0.3) is 0 Å². The van der Waals surface area contributed by atoms with Gasteiger partial charge in [0.1, 0.15) is 17.7 Å². The Morgan fingerprint density at radius 2 is 2.20 bits per heavy atom. The fraction of sp³-hybridized carbons (Fsp3) is 0.455. The average Bonchev–Trinajstić information content (AvgIpc) is 2.19. The van der Waals surface area contributed by atoms with Crippen LogP contribution in [-0.4, -0.2) is 19.3 Å². The first-order valence-corrected chi connectivity index (χ1v) is 4.93. The van der Waals surface area contributed by atoms with Gasteiger partial charge in [0, 0.05) is 12.7 Å². The van der Waals surface area contributed by atoms with Crippen molar-refractivity contribution < 1.29 is 13.9 Å². The third-order valence-electron chi connectivity index (χ3n) is 1.86. The van der Waals surface area contributed by atoms with E-state index in [2.05, 4.69) is 0 Å². The van der Waals surface area contributed by atoms with Gasteiger partial charge in [-0.25, -0.2) is 4.39 Å². The van der Waals surface area contributed by atoms with Crippen LogP contribution in [0.5, 0.6) is 5.75 Å². The summed E-state index contributed by atoms with van der Waals surface area (Å²) in [6.45, 7) is 4.93. The summed E-state index contributed by atoms with van der Waals surface area (Å²) in [4.78, 5) is 0. The van der Waals surface area contributed by atoms with Gasteiger partial charge in [-0.3, -0.25) is 0 Å². The van der Waals surface area contributed by atoms with Gasteiger partial charge in [-0.05, 0) is 26.0 Å². The Morgan fingerprint density at radius 3 is 2.80 bits per heavy atom. The predicted molar refractivity (Wildman–Crippen MR) is 57.4 cm³/mol. The summed E-state index contributed by atoms with van der Waals surface area (Å²) in [5.74, 6) is 0.126. The van der Waals surface area contributed by atoms with Crippen LogP contribution in [0.1, 0.15) is 13.8 Å². The van der Waals surface area contributed by atoms with Gasteiger partial charge >= 0.3 is 0 Å². The first kappa shape index (κ1) is 11.8. The molecular formula is C11H16FNO2. The lowest BCUT2D eigenvalue weighted by Crippen LogP contribution is -2.19. The van der Waals surface area contributed by atoms with Crippen LogP contribution in [0.2, 0.25) is 0 Å². The smallest absolute Gasteiger partial charge is 0.142 e. The van der Waals surface area contributed by atoms with E-state index in [1.54, 1.807) is 0 Å². The van der Waals surface area contributed by atoms with E-state index in [4.69, 9.17) is 15.2 Å². The minimum Gasteiger partial charge on any atom is -0.486 e. The van der Waals surface area contributed by atoms with Crippen molar-refractivity contribution in [2.45, 2.75) is 20.0 Å². The average molecular weight is 213 g/mol. The number of hydrogen-bond donors (Lipinski definition) is 1. The molecule has 1 atom stereocenters. The molecule has 84 valence electrons. The molecule has 3 nitrogen and oxygen atoms in total. The number of anilines is 1. The normalized spacial score (nSPS) is 12.5. The number of nitrogens with two attached hydrogens (primary N) is 1. The van der Waals surface area contributed by atoms with Gasteiger partial charge in [-0.2, -0.15) is 0 Å². The monoisotopic (exact) mass is 213 g/mol. The van der Waals surface area contributed by atoms with Gasteiger partial charge in [0.05, 0.1) is 12.3 Å². The zero-order valence-corrected chi connectivity index (χ0v) is 9.00.